The normalized spacial score (nSPS) is 13.8. The number of nitrogens with two attached hydrogens (primary N) is 1. The van der Waals surface area contributed by atoms with Gasteiger partial charge < -0.3 is 10.6 Å². The standard InChI is InChI=1S/C17H22ClN3/c1-12(19)10-15-7-5-9-20-17(15)21(3)13(2)14-6-4-8-16(18)11-14/h4-9,11-13H,10,19H2,1-3H3. The Morgan fingerprint density at radius 1 is 1.24 bits per heavy atom. The van der Waals surface area contributed by atoms with Gasteiger partial charge in [0, 0.05) is 24.3 Å². The van der Waals surface area contributed by atoms with Crippen LogP contribution in [-0.2, 0) is 6.42 Å². The highest BCUT2D eigenvalue weighted by Crippen LogP contribution is 2.28. The van der Waals surface area contributed by atoms with Crippen LogP contribution in [0.15, 0.2) is 42.6 Å². The Hall–Kier alpha value is -1.58. The average molecular weight is 304 g/mol. The van der Waals surface area contributed by atoms with Crippen molar-refractivity contribution in [1.29, 1.82) is 0 Å². The molecule has 2 rings (SSSR count). The molecule has 0 radical (unpaired) electrons. The van der Waals surface area contributed by atoms with Gasteiger partial charge in [0.2, 0.25) is 0 Å². The topological polar surface area (TPSA) is 42.1 Å². The molecule has 0 amide bonds. The molecule has 0 aliphatic carbocycles. The fraction of sp³-hybridized carbons (Fsp3) is 0.353. The molecular formula is C17H22ClN3. The van der Waals surface area contributed by atoms with Gasteiger partial charge in [-0.3, -0.25) is 0 Å². The van der Waals surface area contributed by atoms with E-state index in [0.717, 1.165) is 17.3 Å². The molecule has 0 saturated carbocycles. The number of halogens is 1. The van der Waals surface area contributed by atoms with Gasteiger partial charge in [-0.05, 0) is 49.6 Å². The molecule has 112 valence electrons. The molecule has 2 aromatic rings. The van der Waals surface area contributed by atoms with Gasteiger partial charge in [0.25, 0.3) is 0 Å². The first-order valence-corrected chi connectivity index (χ1v) is 7.54. The summed E-state index contributed by atoms with van der Waals surface area (Å²) in [4.78, 5) is 6.71. The minimum atomic E-state index is 0.114. The van der Waals surface area contributed by atoms with Crippen molar-refractivity contribution in [2.24, 2.45) is 5.73 Å². The smallest absolute Gasteiger partial charge is 0.132 e. The van der Waals surface area contributed by atoms with Gasteiger partial charge in [0.15, 0.2) is 0 Å². The lowest BCUT2D eigenvalue weighted by Gasteiger charge is -2.28. The molecule has 0 aliphatic heterocycles. The Kier molecular flexibility index (Phi) is 5.21. The fourth-order valence-electron chi connectivity index (χ4n) is 2.43. The van der Waals surface area contributed by atoms with Gasteiger partial charge in [0.1, 0.15) is 5.82 Å². The first kappa shape index (κ1) is 15.8. The maximum absolute atomic E-state index is 6.09. The van der Waals surface area contributed by atoms with Crippen LogP contribution in [-0.4, -0.2) is 18.1 Å². The Labute approximate surface area is 131 Å². The zero-order valence-corrected chi connectivity index (χ0v) is 13.5. The summed E-state index contributed by atoms with van der Waals surface area (Å²) in [6.07, 6.45) is 2.64. The second kappa shape index (κ2) is 6.92. The maximum Gasteiger partial charge on any atom is 0.132 e. The molecule has 0 aliphatic rings. The van der Waals surface area contributed by atoms with Crippen LogP contribution >= 0.6 is 11.6 Å². The molecule has 2 atom stereocenters. The molecule has 1 aromatic heterocycles. The minimum absolute atomic E-state index is 0.114. The van der Waals surface area contributed by atoms with Crippen LogP contribution < -0.4 is 10.6 Å². The van der Waals surface area contributed by atoms with Crippen LogP contribution in [0.2, 0.25) is 5.02 Å². The SMILES string of the molecule is CC(N)Cc1cccnc1N(C)C(C)c1cccc(Cl)c1. The number of nitrogens with zero attached hydrogens (tertiary/aromatic N) is 2. The number of benzene rings is 1. The van der Waals surface area contributed by atoms with E-state index < -0.39 is 0 Å². The summed E-state index contributed by atoms with van der Waals surface area (Å²) >= 11 is 6.09. The van der Waals surface area contributed by atoms with E-state index in [0.29, 0.717) is 0 Å². The number of hydrogen-bond donors (Lipinski definition) is 1. The third-order valence-corrected chi connectivity index (χ3v) is 3.89. The van der Waals surface area contributed by atoms with E-state index in [1.807, 2.05) is 37.4 Å². The summed E-state index contributed by atoms with van der Waals surface area (Å²) in [6, 6.07) is 12.3. The van der Waals surface area contributed by atoms with Crippen LogP contribution in [0, 0.1) is 0 Å². The molecule has 0 saturated heterocycles. The predicted molar refractivity (Wildman–Crippen MR) is 89.9 cm³/mol. The minimum Gasteiger partial charge on any atom is -0.353 e. The number of anilines is 1. The summed E-state index contributed by atoms with van der Waals surface area (Å²) in [7, 11) is 2.05. The Balaban J connectivity index is 2.29. The second-order valence-electron chi connectivity index (χ2n) is 5.51. The molecule has 0 bridgehead atoms. The molecule has 3 nitrogen and oxygen atoms in total. The third-order valence-electron chi connectivity index (χ3n) is 3.66. The Morgan fingerprint density at radius 2 is 2.00 bits per heavy atom. The molecular weight excluding hydrogens is 282 g/mol. The maximum atomic E-state index is 6.09. The lowest BCUT2D eigenvalue weighted by atomic mass is 10.0. The Bertz CT molecular complexity index is 598. The zero-order chi connectivity index (χ0) is 15.4. The summed E-state index contributed by atoms with van der Waals surface area (Å²) < 4.78 is 0. The quantitative estimate of drug-likeness (QED) is 0.913. The van der Waals surface area contributed by atoms with Crippen LogP contribution in [0.3, 0.4) is 0 Å². The Morgan fingerprint density at radius 3 is 2.67 bits per heavy atom. The number of rotatable bonds is 5. The van der Waals surface area contributed by atoms with E-state index in [4.69, 9.17) is 17.3 Å². The van der Waals surface area contributed by atoms with Gasteiger partial charge in [-0.25, -0.2) is 4.98 Å². The van der Waals surface area contributed by atoms with Crippen molar-refractivity contribution in [3.8, 4) is 0 Å². The number of pyridine rings is 1. The lowest BCUT2D eigenvalue weighted by Crippen LogP contribution is -2.26. The molecule has 4 heteroatoms. The van der Waals surface area contributed by atoms with E-state index in [2.05, 4.69) is 36.0 Å². The summed E-state index contributed by atoms with van der Waals surface area (Å²) in [5.41, 5.74) is 8.28. The van der Waals surface area contributed by atoms with Crippen molar-refractivity contribution in [1.82, 2.24) is 4.98 Å². The fourth-order valence-corrected chi connectivity index (χ4v) is 2.63. The van der Waals surface area contributed by atoms with Crippen molar-refractivity contribution in [3.05, 3.63) is 58.7 Å². The molecule has 1 heterocycles. The first-order chi connectivity index (χ1) is 9.99. The zero-order valence-electron chi connectivity index (χ0n) is 12.8. The predicted octanol–water partition coefficient (Wildman–Crippen LogP) is 3.82. The highest BCUT2D eigenvalue weighted by atomic mass is 35.5. The molecule has 0 fully saturated rings. The van der Waals surface area contributed by atoms with E-state index in [-0.39, 0.29) is 12.1 Å². The van der Waals surface area contributed by atoms with Crippen molar-refractivity contribution in [3.63, 3.8) is 0 Å². The molecule has 0 spiro atoms. The third kappa shape index (κ3) is 3.96. The van der Waals surface area contributed by atoms with Gasteiger partial charge in [-0.15, -0.1) is 0 Å². The van der Waals surface area contributed by atoms with Crippen LogP contribution in [0.25, 0.3) is 0 Å². The summed E-state index contributed by atoms with van der Waals surface area (Å²) in [6.45, 7) is 4.16. The van der Waals surface area contributed by atoms with Crippen molar-refractivity contribution < 1.29 is 0 Å². The largest absolute Gasteiger partial charge is 0.353 e. The molecule has 21 heavy (non-hydrogen) atoms. The van der Waals surface area contributed by atoms with Crippen LogP contribution in [0.5, 0.6) is 0 Å². The van der Waals surface area contributed by atoms with Crippen molar-refractivity contribution >= 4 is 17.4 Å². The number of hydrogen-bond acceptors (Lipinski definition) is 3. The highest BCUT2D eigenvalue weighted by Gasteiger charge is 2.17. The summed E-state index contributed by atoms with van der Waals surface area (Å²) in [5, 5.41) is 0.754. The van der Waals surface area contributed by atoms with E-state index in [9.17, 15) is 0 Å². The van der Waals surface area contributed by atoms with Gasteiger partial charge in [0.05, 0.1) is 6.04 Å². The monoisotopic (exact) mass is 303 g/mol. The molecule has 2 unspecified atom stereocenters. The van der Waals surface area contributed by atoms with Crippen LogP contribution in [0.4, 0.5) is 5.82 Å². The highest BCUT2D eigenvalue weighted by molar-refractivity contribution is 6.30. The van der Waals surface area contributed by atoms with Crippen molar-refractivity contribution in [2.75, 3.05) is 11.9 Å². The van der Waals surface area contributed by atoms with E-state index in [1.54, 1.807) is 0 Å². The van der Waals surface area contributed by atoms with E-state index >= 15 is 0 Å². The van der Waals surface area contributed by atoms with Crippen LogP contribution in [0.1, 0.15) is 31.0 Å². The van der Waals surface area contributed by atoms with Gasteiger partial charge in [-0.1, -0.05) is 29.8 Å². The summed E-state index contributed by atoms with van der Waals surface area (Å²) in [5.74, 6) is 0.974. The van der Waals surface area contributed by atoms with Gasteiger partial charge in [-0.2, -0.15) is 0 Å². The second-order valence-corrected chi connectivity index (χ2v) is 5.95. The van der Waals surface area contributed by atoms with Gasteiger partial charge >= 0.3 is 0 Å². The number of aromatic nitrogens is 1. The average Bonchev–Trinajstić information content (AvgIpc) is 2.46. The molecule has 1 aromatic carbocycles. The first-order valence-electron chi connectivity index (χ1n) is 7.17. The van der Waals surface area contributed by atoms with E-state index in [1.165, 1.54) is 11.1 Å². The van der Waals surface area contributed by atoms with Crippen molar-refractivity contribution in [2.45, 2.75) is 32.4 Å². The molecule has 2 N–H and O–H groups in total. The lowest BCUT2D eigenvalue weighted by molar-refractivity contribution is 0.700.